The Hall–Kier alpha value is -4.67. The summed E-state index contributed by atoms with van der Waals surface area (Å²) in [4.78, 5) is 42.6. The summed E-state index contributed by atoms with van der Waals surface area (Å²) >= 11 is 0. The fraction of sp³-hybridized carbons (Fsp3) is 0.321. The molecule has 11 nitrogen and oxygen atoms in total. The Labute approximate surface area is 228 Å². The molecule has 1 heterocycles. The zero-order valence-corrected chi connectivity index (χ0v) is 22.0. The van der Waals surface area contributed by atoms with Crippen molar-refractivity contribution in [1.29, 1.82) is 5.41 Å². The first-order chi connectivity index (χ1) is 18.0. The molecule has 2 amide bonds. The quantitative estimate of drug-likeness (QED) is 0.131. The van der Waals surface area contributed by atoms with Gasteiger partial charge in [0, 0.05) is 41.0 Å². The number of carbonyl (C=O) groups excluding carboxylic acids is 2. The number of anilines is 3. The summed E-state index contributed by atoms with van der Waals surface area (Å²) in [5.74, 6) is -0.643. The van der Waals surface area contributed by atoms with E-state index in [1.165, 1.54) is 10.8 Å². The van der Waals surface area contributed by atoms with Gasteiger partial charge in [0.1, 0.15) is 12.4 Å². The zero-order chi connectivity index (χ0) is 28.0. The largest absolute Gasteiger partial charge is 0.398 e. The molecule has 0 saturated heterocycles. The maximum absolute atomic E-state index is 13.3. The van der Waals surface area contributed by atoms with Gasteiger partial charge in [0.05, 0.1) is 11.9 Å². The van der Waals surface area contributed by atoms with Gasteiger partial charge in [-0.15, -0.1) is 0 Å². The van der Waals surface area contributed by atoms with E-state index in [4.69, 9.17) is 16.9 Å². The van der Waals surface area contributed by atoms with Crippen LogP contribution in [0.1, 0.15) is 46.2 Å². The Morgan fingerprint density at radius 2 is 1.74 bits per heavy atom. The number of nitrogens with two attached hydrogens (primary N) is 2. The lowest BCUT2D eigenvalue weighted by atomic mass is 10.1. The van der Waals surface area contributed by atoms with Crippen molar-refractivity contribution < 1.29 is 9.59 Å². The monoisotopic (exact) mass is 534 g/mol. The van der Waals surface area contributed by atoms with E-state index in [0.717, 1.165) is 5.56 Å². The van der Waals surface area contributed by atoms with Gasteiger partial charge in [0.2, 0.25) is 11.8 Å². The van der Waals surface area contributed by atoms with E-state index in [1.807, 2.05) is 13.8 Å². The second kappa shape index (κ2) is 13.2. The number of amidine groups is 1. The Kier molecular flexibility index (Phi) is 10.4. The molecule has 0 aliphatic carbocycles. The predicted molar refractivity (Wildman–Crippen MR) is 157 cm³/mol. The summed E-state index contributed by atoms with van der Waals surface area (Å²) in [7, 11) is 0. The van der Waals surface area contributed by atoms with Gasteiger partial charge in [-0.05, 0) is 37.6 Å². The van der Waals surface area contributed by atoms with E-state index < -0.39 is 5.56 Å². The highest BCUT2D eigenvalue weighted by Gasteiger charge is 2.18. The SMILES string of the molecule is C.CC(C)Nc1ncc(-c2ccc(NC(=O)C(C)C)cc2N)n(CC(=O)NCc2ccc(C(=N)N)cc2)c1=O. The van der Waals surface area contributed by atoms with Crippen LogP contribution in [0.5, 0.6) is 0 Å². The van der Waals surface area contributed by atoms with E-state index in [-0.39, 0.29) is 55.9 Å². The third kappa shape index (κ3) is 7.91. The molecule has 3 rings (SSSR count). The summed E-state index contributed by atoms with van der Waals surface area (Å²) in [5.41, 5.74) is 14.4. The van der Waals surface area contributed by atoms with Gasteiger partial charge in [-0.1, -0.05) is 45.5 Å². The van der Waals surface area contributed by atoms with E-state index >= 15 is 0 Å². The summed E-state index contributed by atoms with van der Waals surface area (Å²) in [6, 6.07) is 11.9. The minimum absolute atomic E-state index is 0. The summed E-state index contributed by atoms with van der Waals surface area (Å²) in [6.07, 6.45) is 1.50. The molecule has 0 saturated carbocycles. The zero-order valence-electron chi connectivity index (χ0n) is 22.0. The summed E-state index contributed by atoms with van der Waals surface area (Å²) in [6.45, 7) is 7.31. The lowest BCUT2D eigenvalue weighted by Gasteiger charge is -2.18. The van der Waals surface area contributed by atoms with E-state index in [1.54, 1.807) is 56.3 Å². The smallest absolute Gasteiger partial charge is 0.294 e. The second-order valence-electron chi connectivity index (χ2n) is 9.52. The highest BCUT2D eigenvalue weighted by molar-refractivity contribution is 5.95. The average molecular weight is 535 g/mol. The Bertz CT molecular complexity index is 1390. The van der Waals surface area contributed by atoms with Crippen LogP contribution in [-0.4, -0.2) is 33.2 Å². The van der Waals surface area contributed by atoms with E-state index in [0.29, 0.717) is 28.2 Å². The van der Waals surface area contributed by atoms with Crippen LogP contribution in [0.25, 0.3) is 11.3 Å². The minimum atomic E-state index is -0.464. The Morgan fingerprint density at radius 3 is 2.31 bits per heavy atom. The lowest BCUT2D eigenvalue weighted by molar-refractivity contribution is -0.122. The average Bonchev–Trinajstić information content (AvgIpc) is 2.85. The molecule has 0 fully saturated rings. The molecule has 0 atom stereocenters. The predicted octanol–water partition coefficient (Wildman–Crippen LogP) is 3.14. The van der Waals surface area contributed by atoms with Gasteiger partial charge >= 0.3 is 0 Å². The first-order valence-electron chi connectivity index (χ1n) is 12.2. The molecule has 8 N–H and O–H groups in total. The van der Waals surface area contributed by atoms with Crippen LogP contribution in [0, 0.1) is 11.3 Å². The van der Waals surface area contributed by atoms with Crippen LogP contribution < -0.4 is 33.0 Å². The maximum Gasteiger partial charge on any atom is 0.294 e. The first-order valence-corrected chi connectivity index (χ1v) is 12.2. The standard InChI is InChI=1S/C27H34N8O3.CH4/c1-15(2)26(37)34-19-9-10-20(21(28)11-19)22-13-32-25(33-16(3)4)27(38)35(22)14-23(36)31-12-17-5-7-18(8-6-17)24(29)30;/h5-11,13,15-16H,12,14,28H2,1-4H3,(H3,29,30)(H,31,36)(H,32,33)(H,34,37);1H4. The topological polar surface area (TPSA) is 181 Å². The minimum Gasteiger partial charge on any atom is -0.398 e. The number of carbonyl (C=O) groups is 2. The number of nitrogen functional groups attached to an aromatic ring is 2. The molecule has 11 heteroatoms. The molecule has 0 spiro atoms. The number of rotatable bonds is 10. The molecule has 0 aliphatic heterocycles. The molecule has 2 aromatic carbocycles. The van der Waals surface area contributed by atoms with Gasteiger partial charge in [-0.3, -0.25) is 24.4 Å². The molecule has 1 aromatic heterocycles. The van der Waals surface area contributed by atoms with Crippen LogP contribution in [0.2, 0.25) is 0 Å². The van der Waals surface area contributed by atoms with Crippen molar-refractivity contribution in [2.75, 3.05) is 16.4 Å². The van der Waals surface area contributed by atoms with Gasteiger partial charge < -0.3 is 27.4 Å². The fourth-order valence-electron chi connectivity index (χ4n) is 3.59. The highest BCUT2D eigenvalue weighted by Crippen LogP contribution is 2.28. The van der Waals surface area contributed by atoms with Gasteiger partial charge in [-0.2, -0.15) is 0 Å². The third-order valence-electron chi connectivity index (χ3n) is 5.66. The number of nitrogens with zero attached hydrogens (tertiary/aromatic N) is 2. The van der Waals surface area contributed by atoms with Crippen LogP contribution in [-0.2, 0) is 22.7 Å². The number of amides is 2. The molecule has 0 aliphatic rings. The van der Waals surface area contributed by atoms with Crippen molar-refractivity contribution in [3.05, 3.63) is 70.1 Å². The molecular formula is C28H38N8O3. The van der Waals surface area contributed by atoms with Crippen molar-refractivity contribution in [1.82, 2.24) is 14.9 Å². The van der Waals surface area contributed by atoms with Crippen molar-refractivity contribution >= 4 is 34.8 Å². The Balaban J connectivity index is 0.00000533. The molecule has 39 heavy (non-hydrogen) atoms. The number of hydrogen-bond donors (Lipinski definition) is 6. The van der Waals surface area contributed by atoms with Crippen LogP contribution >= 0.6 is 0 Å². The second-order valence-corrected chi connectivity index (χ2v) is 9.52. The number of hydrogen-bond acceptors (Lipinski definition) is 7. The molecule has 3 aromatic rings. The lowest BCUT2D eigenvalue weighted by Crippen LogP contribution is -2.35. The van der Waals surface area contributed by atoms with Crippen LogP contribution in [0.15, 0.2) is 53.5 Å². The van der Waals surface area contributed by atoms with Crippen molar-refractivity contribution in [2.45, 2.75) is 54.3 Å². The van der Waals surface area contributed by atoms with Crippen LogP contribution in [0.3, 0.4) is 0 Å². The van der Waals surface area contributed by atoms with Gasteiger partial charge in [0.15, 0.2) is 5.82 Å². The van der Waals surface area contributed by atoms with Crippen molar-refractivity contribution in [3.63, 3.8) is 0 Å². The number of nitrogens with one attached hydrogen (secondary N) is 4. The fourth-order valence-corrected chi connectivity index (χ4v) is 3.59. The number of benzene rings is 2. The highest BCUT2D eigenvalue weighted by atomic mass is 16.2. The summed E-state index contributed by atoms with van der Waals surface area (Å²) in [5, 5.41) is 16.1. The third-order valence-corrected chi connectivity index (χ3v) is 5.66. The first kappa shape index (κ1) is 30.6. The summed E-state index contributed by atoms with van der Waals surface area (Å²) < 4.78 is 1.32. The molecule has 0 radical (unpaired) electrons. The normalized spacial score (nSPS) is 10.6. The molecule has 0 unspecified atom stereocenters. The van der Waals surface area contributed by atoms with E-state index in [2.05, 4.69) is 20.9 Å². The van der Waals surface area contributed by atoms with Gasteiger partial charge in [0.25, 0.3) is 5.56 Å². The van der Waals surface area contributed by atoms with Gasteiger partial charge in [-0.25, -0.2) is 4.98 Å². The maximum atomic E-state index is 13.3. The molecule has 208 valence electrons. The van der Waals surface area contributed by atoms with Crippen molar-refractivity contribution in [3.8, 4) is 11.3 Å². The van der Waals surface area contributed by atoms with Crippen LogP contribution in [0.4, 0.5) is 17.2 Å². The van der Waals surface area contributed by atoms with E-state index in [9.17, 15) is 14.4 Å². The molecular weight excluding hydrogens is 496 g/mol. The Morgan fingerprint density at radius 1 is 1.08 bits per heavy atom. The number of aromatic nitrogens is 2. The van der Waals surface area contributed by atoms with Crippen molar-refractivity contribution in [2.24, 2.45) is 11.7 Å². The molecule has 0 bridgehead atoms.